The van der Waals surface area contributed by atoms with Crippen molar-refractivity contribution in [3.8, 4) is 11.1 Å². The number of halogens is 4. The summed E-state index contributed by atoms with van der Waals surface area (Å²) >= 11 is 17.3. The molecule has 0 aliphatic rings. The highest BCUT2D eigenvalue weighted by Gasteiger charge is 2.12. The summed E-state index contributed by atoms with van der Waals surface area (Å²) in [5, 5.41) is 0.687. The summed E-state index contributed by atoms with van der Waals surface area (Å²) in [6.45, 7) is 0. The highest BCUT2D eigenvalue weighted by molar-refractivity contribution is 6.36. The minimum absolute atomic E-state index is 0.177. The molecule has 16 heavy (non-hydrogen) atoms. The highest BCUT2D eigenvalue weighted by atomic mass is 35.5. The Morgan fingerprint density at radius 2 is 1.75 bits per heavy atom. The van der Waals surface area contributed by atoms with Crippen LogP contribution in [0.2, 0.25) is 15.2 Å². The van der Waals surface area contributed by atoms with E-state index in [1.54, 1.807) is 18.2 Å². The van der Waals surface area contributed by atoms with Crippen molar-refractivity contribution in [2.75, 3.05) is 0 Å². The van der Waals surface area contributed by atoms with Crippen molar-refractivity contribution in [3.63, 3.8) is 0 Å². The second-order valence-electron chi connectivity index (χ2n) is 3.09. The van der Waals surface area contributed by atoms with Gasteiger partial charge in [0.15, 0.2) is 11.0 Å². The zero-order chi connectivity index (χ0) is 11.7. The van der Waals surface area contributed by atoms with Crippen molar-refractivity contribution in [2.45, 2.75) is 0 Å². The predicted octanol–water partition coefficient (Wildman–Crippen LogP) is 4.85. The normalized spacial score (nSPS) is 10.5. The van der Waals surface area contributed by atoms with E-state index in [0.717, 1.165) is 0 Å². The molecule has 82 valence electrons. The summed E-state index contributed by atoms with van der Waals surface area (Å²) in [4.78, 5) is 3.63. The maximum absolute atomic E-state index is 13.7. The first-order valence-electron chi connectivity index (χ1n) is 4.35. The average molecular weight is 277 g/mol. The molecule has 2 rings (SSSR count). The van der Waals surface area contributed by atoms with Crippen LogP contribution in [0.3, 0.4) is 0 Å². The molecule has 0 spiro atoms. The maximum Gasteiger partial charge on any atom is 0.168 e. The van der Waals surface area contributed by atoms with Crippen LogP contribution in [-0.2, 0) is 0 Å². The fourth-order valence-electron chi connectivity index (χ4n) is 1.33. The van der Waals surface area contributed by atoms with Crippen LogP contribution in [0.15, 0.2) is 30.5 Å². The topological polar surface area (TPSA) is 12.9 Å². The molecule has 0 unspecified atom stereocenters. The Bertz CT molecular complexity index is 543. The monoisotopic (exact) mass is 275 g/mol. The van der Waals surface area contributed by atoms with Gasteiger partial charge < -0.3 is 0 Å². The summed E-state index contributed by atoms with van der Waals surface area (Å²) in [6, 6.07) is 6.33. The highest BCUT2D eigenvalue weighted by Crippen LogP contribution is 2.33. The second-order valence-corrected chi connectivity index (χ2v) is 4.29. The molecule has 0 radical (unpaired) electrons. The van der Waals surface area contributed by atoms with E-state index in [4.69, 9.17) is 34.8 Å². The molecule has 5 heteroatoms. The van der Waals surface area contributed by atoms with Gasteiger partial charge in [-0.25, -0.2) is 9.37 Å². The first kappa shape index (κ1) is 11.6. The predicted molar refractivity (Wildman–Crippen MR) is 64.7 cm³/mol. The minimum atomic E-state index is -0.589. The Labute approximate surface area is 107 Å². The van der Waals surface area contributed by atoms with Crippen LogP contribution < -0.4 is 0 Å². The van der Waals surface area contributed by atoms with Gasteiger partial charge >= 0.3 is 0 Å². The van der Waals surface area contributed by atoms with E-state index in [-0.39, 0.29) is 5.15 Å². The quantitative estimate of drug-likeness (QED) is 0.679. The van der Waals surface area contributed by atoms with Gasteiger partial charge in [0.05, 0.1) is 0 Å². The zero-order valence-electron chi connectivity index (χ0n) is 7.85. The molecule has 0 fully saturated rings. The Balaban J connectivity index is 2.63. The van der Waals surface area contributed by atoms with E-state index in [1.165, 1.54) is 12.3 Å². The van der Waals surface area contributed by atoms with Gasteiger partial charge in [0.2, 0.25) is 0 Å². The van der Waals surface area contributed by atoms with Crippen LogP contribution in [0.25, 0.3) is 11.1 Å². The largest absolute Gasteiger partial charge is 0.242 e. The molecule has 1 heterocycles. The van der Waals surface area contributed by atoms with Crippen molar-refractivity contribution >= 4 is 34.8 Å². The Morgan fingerprint density at radius 1 is 1.00 bits per heavy atom. The Kier molecular flexibility index (Phi) is 3.33. The summed E-state index contributed by atoms with van der Waals surface area (Å²) in [7, 11) is 0. The number of hydrogen-bond donors (Lipinski definition) is 0. The minimum Gasteiger partial charge on any atom is -0.242 e. The van der Waals surface area contributed by atoms with Crippen molar-refractivity contribution in [1.29, 1.82) is 0 Å². The molecule has 1 aromatic carbocycles. The van der Waals surface area contributed by atoms with E-state index in [1.807, 2.05) is 0 Å². The number of benzene rings is 1. The van der Waals surface area contributed by atoms with Crippen molar-refractivity contribution in [2.24, 2.45) is 0 Å². The fourth-order valence-corrected chi connectivity index (χ4v) is 2.00. The van der Waals surface area contributed by atoms with Crippen LogP contribution in [0.5, 0.6) is 0 Å². The van der Waals surface area contributed by atoms with Crippen LogP contribution in [-0.4, -0.2) is 4.98 Å². The standard InChI is InChI=1S/C11H5Cl3FN/c12-6-1-2-7(9(13)5-6)8-3-4-16-11(14)10(8)15/h1-5H. The van der Waals surface area contributed by atoms with E-state index in [0.29, 0.717) is 21.2 Å². The third-order valence-corrected chi connectivity index (χ3v) is 2.88. The van der Waals surface area contributed by atoms with Crippen molar-refractivity contribution in [3.05, 3.63) is 51.5 Å². The van der Waals surface area contributed by atoms with E-state index < -0.39 is 5.82 Å². The summed E-state index contributed by atoms with van der Waals surface area (Å²) < 4.78 is 13.7. The molecule has 2 aromatic rings. The number of aromatic nitrogens is 1. The lowest BCUT2D eigenvalue weighted by Gasteiger charge is -2.06. The number of nitrogens with zero attached hydrogens (tertiary/aromatic N) is 1. The summed E-state index contributed by atoms with van der Waals surface area (Å²) in [5.74, 6) is -0.589. The Morgan fingerprint density at radius 3 is 2.44 bits per heavy atom. The molecule has 1 nitrogen and oxygen atoms in total. The Hall–Kier alpha value is -0.830. The van der Waals surface area contributed by atoms with Crippen molar-refractivity contribution < 1.29 is 4.39 Å². The molecule has 0 amide bonds. The number of hydrogen-bond acceptors (Lipinski definition) is 1. The smallest absolute Gasteiger partial charge is 0.168 e. The summed E-state index contributed by atoms with van der Waals surface area (Å²) in [5.41, 5.74) is 0.842. The first-order chi connectivity index (χ1) is 7.59. The van der Waals surface area contributed by atoms with Gasteiger partial charge in [-0.15, -0.1) is 0 Å². The SMILES string of the molecule is Fc1c(-c2ccc(Cl)cc2Cl)ccnc1Cl. The van der Waals surface area contributed by atoms with Crippen LogP contribution in [0.1, 0.15) is 0 Å². The molecule has 0 saturated carbocycles. The maximum atomic E-state index is 13.7. The second kappa shape index (κ2) is 4.58. The van der Waals surface area contributed by atoms with Gasteiger partial charge in [-0.1, -0.05) is 40.9 Å². The number of rotatable bonds is 1. The first-order valence-corrected chi connectivity index (χ1v) is 5.48. The van der Waals surface area contributed by atoms with E-state index in [2.05, 4.69) is 4.98 Å². The lowest BCUT2D eigenvalue weighted by molar-refractivity contribution is 0.625. The van der Waals surface area contributed by atoms with Gasteiger partial charge in [-0.2, -0.15) is 0 Å². The lowest BCUT2D eigenvalue weighted by atomic mass is 10.1. The lowest BCUT2D eigenvalue weighted by Crippen LogP contribution is -1.89. The molecule has 0 atom stereocenters. The van der Waals surface area contributed by atoms with Crippen LogP contribution in [0.4, 0.5) is 4.39 Å². The van der Waals surface area contributed by atoms with Gasteiger partial charge in [0.25, 0.3) is 0 Å². The molecule has 0 saturated heterocycles. The fraction of sp³-hybridized carbons (Fsp3) is 0. The molecular weight excluding hydrogens is 271 g/mol. The molecular formula is C11H5Cl3FN. The third kappa shape index (κ3) is 2.14. The summed E-state index contributed by atoms with van der Waals surface area (Å²) in [6.07, 6.45) is 1.42. The number of pyridine rings is 1. The third-order valence-electron chi connectivity index (χ3n) is 2.07. The van der Waals surface area contributed by atoms with E-state index in [9.17, 15) is 4.39 Å². The van der Waals surface area contributed by atoms with Gasteiger partial charge in [0.1, 0.15) is 0 Å². The molecule has 1 aromatic heterocycles. The van der Waals surface area contributed by atoms with Gasteiger partial charge in [-0.3, -0.25) is 0 Å². The van der Waals surface area contributed by atoms with E-state index >= 15 is 0 Å². The molecule has 0 bridgehead atoms. The molecule has 0 N–H and O–H groups in total. The van der Waals surface area contributed by atoms with Gasteiger partial charge in [0, 0.05) is 27.4 Å². The molecule has 0 aliphatic heterocycles. The zero-order valence-corrected chi connectivity index (χ0v) is 10.1. The van der Waals surface area contributed by atoms with Gasteiger partial charge in [-0.05, 0) is 18.2 Å². The molecule has 0 aliphatic carbocycles. The average Bonchev–Trinajstić information content (AvgIpc) is 2.23. The van der Waals surface area contributed by atoms with Crippen molar-refractivity contribution in [1.82, 2.24) is 4.98 Å². The van der Waals surface area contributed by atoms with Crippen LogP contribution >= 0.6 is 34.8 Å². The van der Waals surface area contributed by atoms with Crippen LogP contribution in [0, 0.1) is 5.82 Å².